The predicted octanol–water partition coefficient (Wildman–Crippen LogP) is 1.75. The van der Waals surface area contributed by atoms with Crippen LogP contribution in [0.3, 0.4) is 0 Å². The van der Waals surface area contributed by atoms with Crippen molar-refractivity contribution in [3.63, 3.8) is 0 Å². The highest BCUT2D eigenvalue weighted by Crippen LogP contribution is 2.29. The first-order valence-electron chi connectivity index (χ1n) is 8.84. The maximum atomic E-state index is 12.8. The Labute approximate surface area is 179 Å². The van der Waals surface area contributed by atoms with Crippen LogP contribution in [0.15, 0.2) is 55.4 Å². The lowest BCUT2D eigenvalue weighted by molar-refractivity contribution is -0.133. The van der Waals surface area contributed by atoms with Crippen molar-refractivity contribution < 1.29 is 13.2 Å². The molecule has 0 radical (unpaired) electrons. The van der Waals surface area contributed by atoms with Crippen LogP contribution in [0, 0.1) is 0 Å². The van der Waals surface area contributed by atoms with Gasteiger partial charge in [-0.25, -0.2) is 13.4 Å². The number of carbonyl (C=O) groups is 1. The van der Waals surface area contributed by atoms with Gasteiger partial charge in [0.2, 0.25) is 5.91 Å². The smallest absolute Gasteiger partial charge is 0.269 e. The summed E-state index contributed by atoms with van der Waals surface area (Å²) >= 11 is 4.44. The average Bonchev–Trinajstić information content (AvgIpc) is 3.17. The van der Waals surface area contributed by atoms with Crippen molar-refractivity contribution in [3.8, 4) is 0 Å². The van der Waals surface area contributed by atoms with Gasteiger partial charge in [0.15, 0.2) is 0 Å². The molecule has 0 unspecified atom stereocenters. The number of para-hydroxylation sites is 2. The van der Waals surface area contributed by atoms with Crippen LogP contribution in [-0.4, -0.2) is 59.3 Å². The van der Waals surface area contributed by atoms with Gasteiger partial charge >= 0.3 is 0 Å². The Balaban J connectivity index is 1.46. The second kappa shape index (κ2) is 7.98. The quantitative estimate of drug-likeness (QED) is 0.548. The molecule has 3 heterocycles. The van der Waals surface area contributed by atoms with Crippen molar-refractivity contribution in [2.45, 2.75) is 10.8 Å². The third-order valence-electron chi connectivity index (χ3n) is 4.78. The molecule has 0 aliphatic carbocycles. The minimum Gasteiger partial charge on any atom is -0.338 e. The summed E-state index contributed by atoms with van der Waals surface area (Å²) in [6, 6.07) is 10.4. The van der Waals surface area contributed by atoms with Crippen LogP contribution in [0.4, 0.5) is 0 Å². The van der Waals surface area contributed by atoms with E-state index in [4.69, 9.17) is 0 Å². The number of carbonyl (C=O) groups excluding carboxylic acids is 1. The second-order valence-corrected chi connectivity index (χ2v) is 11.1. The number of fused-ring (bicyclic) bond motifs is 1. The maximum Gasteiger partial charge on any atom is 0.269 e. The highest BCUT2D eigenvalue weighted by atomic mass is 79.9. The van der Waals surface area contributed by atoms with Gasteiger partial charge in [-0.2, -0.15) is 4.31 Å². The van der Waals surface area contributed by atoms with E-state index in [1.54, 1.807) is 35.2 Å². The molecule has 0 saturated carbocycles. The number of thiophene rings is 1. The summed E-state index contributed by atoms with van der Waals surface area (Å²) in [4.78, 5) is 30.7. The standard InChI is InChI=1S/C18H17BrN4O4S2/c19-15-5-6-18(28-15)29(26,27)22-9-7-21(8-10-22)17(25)12-23-14-4-2-1-3-13(14)20-11-16(23)24/h1-6,11H,7-10,12H2. The first-order chi connectivity index (χ1) is 13.9. The molecule has 3 aromatic rings. The summed E-state index contributed by atoms with van der Waals surface area (Å²) in [5, 5.41) is 0. The van der Waals surface area contributed by atoms with Gasteiger partial charge in [0, 0.05) is 26.2 Å². The molecular formula is C18H17BrN4O4S2. The lowest BCUT2D eigenvalue weighted by atomic mass is 10.3. The van der Waals surface area contributed by atoms with E-state index in [2.05, 4.69) is 20.9 Å². The van der Waals surface area contributed by atoms with Crippen LogP contribution >= 0.6 is 27.3 Å². The van der Waals surface area contributed by atoms with Crippen molar-refractivity contribution in [2.75, 3.05) is 26.2 Å². The first-order valence-corrected chi connectivity index (χ1v) is 11.9. The molecule has 1 aliphatic rings. The van der Waals surface area contributed by atoms with E-state index in [0.29, 0.717) is 11.0 Å². The molecule has 2 aromatic heterocycles. The summed E-state index contributed by atoms with van der Waals surface area (Å²) in [6.07, 6.45) is 1.21. The van der Waals surface area contributed by atoms with E-state index in [1.807, 2.05) is 6.07 Å². The average molecular weight is 497 g/mol. The number of hydrogen-bond acceptors (Lipinski definition) is 6. The molecule has 1 aromatic carbocycles. The zero-order valence-corrected chi connectivity index (χ0v) is 18.4. The molecule has 1 saturated heterocycles. The van der Waals surface area contributed by atoms with Gasteiger partial charge in [0.25, 0.3) is 15.6 Å². The first kappa shape index (κ1) is 20.2. The molecule has 0 atom stereocenters. The Morgan fingerprint density at radius 1 is 1.10 bits per heavy atom. The normalized spacial score (nSPS) is 15.7. The third kappa shape index (κ3) is 4.00. The molecule has 29 heavy (non-hydrogen) atoms. The Morgan fingerprint density at radius 2 is 1.83 bits per heavy atom. The number of piperazine rings is 1. The van der Waals surface area contributed by atoms with Crippen molar-refractivity contribution in [1.82, 2.24) is 18.8 Å². The highest BCUT2D eigenvalue weighted by Gasteiger charge is 2.31. The van der Waals surface area contributed by atoms with E-state index < -0.39 is 10.0 Å². The van der Waals surface area contributed by atoms with Gasteiger partial charge in [-0.05, 0) is 40.2 Å². The molecule has 0 spiro atoms. The van der Waals surface area contributed by atoms with Gasteiger partial charge in [-0.1, -0.05) is 12.1 Å². The number of amides is 1. The van der Waals surface area contributed by atoms with Crippen molar-refractivity contribution in [1.29, 1.82) is 0 Å². The van der Waals surface area contributed by atoms with Crippen molar-refractivity contribution >= 4 is 54.2 Å². The van der Waals surface area contributed by atoms with Gasteiger partial charge in [-0.15, -0.1) is 11.3 Å². The van der Waals surface area contributed by atoms with Crippen LogP contribution in [0.1, 0.15) is 0 Å². The summed E-state index contributed by atoms with van der Waals surface area (Å²) in [7, 11) is -3.56. The van der Waals surface area contributed by atoms with Crippen molar-refractivity contribution in [2.24, 2.45) is 0 Å². The SMILES string of the molecule is O=C(Cn1c(=O)cnc2ccccc21)N1CCN(S(=O)(=O)c2ccc(Br)s2)CC1. The lowest BCUT2D eigenvalue weighted by Gasteiger charge is -2.33. The molecule has 4 rings (SSSR count). The number of aromatic nitrogens is 2. The second-order valence-electron chi connectivity index (χ2n) is 6.51. The Kier molecular flexibility index (Phi) is 5.56. The van der Waals surface area contributed by atoms with Gasteiger partial charge < -0.3 is 4.90 Å². The van der Waals surface area contributed by atoms with E-state index >= 15 is 0 Å². The van der Waals surface area contributed by atoms with Crippen LogP contribution in [0.25, 0.3) is 11.0 Å². The molecule has 1 fully saturated rings. The summed E-state index contributed by atoms with van der Waals surface area (Å²) < 4.78 is 29.3. The molecule has 8 nitrogen and oxygen atoms in total. The molecule has 0 N–H and O–H groups in total. The largest absolute Gasteiger partial charge is 0.338 e. The molecular weight excluding hydrogens is 480 g/mol. The zero-order valence-electron chi connectivity index (χ0n) is 15.2. The highest BCUT2D eigenvalue weighted by molar-refractivity contribution is 9.11. The van der Waals surface area contributed by atoms with Gasteiger partial charge in [0.05, 0.1) is 21.0 Å². The fraction of sp³-hybridized carbons (Fsp3) is 0.278. The predicted molar refractivity (Wildman–Crippen MR) is 113 cm³/mol. The van der Waals surface area contributed by atoms with Crippen LogP contribution in [0.5, 0.6) is 0 Å². The minimum absolute atomic E-state index is 0.105. The van der Waals surface area contributed by atoms with Gasteiger partial charge in [-0.3, -0.25) is 14.2 Å². The Hall–Kier alpha value is -2.08. The lowest BCUT2D eigenvalue weighted by Crippen LogP contribution is -2.51. The number of hydrogen-bond donors (Lipinski definition) is 0. The van der Waals surface area contributed by atoms with E-state index in [1.165, 1.54) is 15.1 Å². The molecule has 1 aliphatic heterocycles. The maximum absolute atomic E-state index is 12.8. The number of nitrogens with zero attached hydrogens (tertiary/aromatic N) is 4. The minimum atomic E-state index is -3.56. The topological polar surface area (TPSA) is 92.6 Å². The number of halogens is 1. The fourth-order valence-corrected chi connectivity index (χ4v) is 6.84. The van der Waals surface area contributed by atoms with Crippen molar-refractivity contribution in [3.05, 3.63) is 56.7 Å². The number of sulfonamides is 1. The summed E-state index contributed by atoms with van der Waals surface area (Å²) in [5.74, 6) is -0.223. The monoisotopic (exact) mass is 496 g/mol. The Bertz CT molecular complexity index is 1230. The molecule has 11 heteroatoms. The number of benzene rings is 1. The third-order valence-corrected chi connectivity index (χ3v) is 8.77. The number of rotatable bonds is 4. The summed E-state index contributed by atoms with van der Waals surface area (Å²) in [5.41, 5.74) is 0.886. The van der Waals surface area contributed by atoms with E-state index in [0.717, 1.165) is 15.1 Å². The van der Waals surface area contributed by atoms with E-state index in [-0.39, 0.29) is 48.4 Å². The zero-order chi connectivity index (χ0) is 20.6. The summed E-state index contributed by atoms with van der Waals surface area (Å²) in [6.45, 7) is 0.891. The molecule has 152 valence electrons. The van der Waals surface area contributed by atoms with Crippen LogP contribution < -0.4 is 5.56 Å². The van der Waals surface area contributed by atoms with Crippen LogP contribution in [-0.2, 0) is 21.4 Å². The fourth-order valence-electron chi connectivity index (χ4n) is 3.25. The van der Waals surface area contributed by atoms with E-state index in [9.17, 15) is 18.0 Å². The Morgan fingerprint density at radius 3 is 2.52 bits per heavy atom. The van der Waals surface area contributed by atoms with Gasteiger partial charge in [0.1, 0.15) is 10.8 Å². The molecule has 1 amide bonds. The molecule has 0 bridgehead atoms. The van der Waals surface area contributed by atoms with Crippen LogP contribution in [0.2, 0.25) is 0 Å².